The van der Waals surface area contributed by atoms with Crippen LogP contribution in [0.2, 0.25) is 0 Å². The maximum absolute atomic E-state index is 10.3. The SMILES string of the molecule is CCc1nc2c(N)nc3cccnc3c2n1CC1(O)CC1. The van der Waals surface area contributed by atoms with Gasteiger partial charge < -0.3 is 15.4 Å². The zero-order valence-corrected chi connectivity index (χ0v) is 11.9. The predicted octanol–water partition coefficient (Wildman–Crippen LogP) is 1.65. The minimum Gasteiger partial charge on any atom is -0.388 e. The Bertz CT molecular complexity index is 850. The number of aryl methyl sites for hydroxylation is 1. The van der Waals surface area contributed by atoms with Gasteiger partial charge in [-0.15, -0.1) is 0 Å². The smallest absolute Gasteiger partial charge is 0.152 e. The second-order valence-electron chi connectivity index (χ2n) is 5.76. The Morgan fingerprint density at radius 3 is 2.86 bits per heavy atom. The van der Waals surface area contributed by atoms with Crippen molar-refractivity contribution in [2.45, 2.75) is 38.3 Å². The molecule has 0 saturated heterocycles. The maximum Gasteiger partial charge on any atom is 0.152 e. The summed E-state index contributed by atoms with van der Waals surface area (Å²) < 4.78 is 2.07. The Morgan fingerprint density at radius 2 is 2.14 bits per heavy atom. The lowest BCUT2D eigenvalue weighted by atomic mass is 10.2. The van der Waals surface area contributed by atoms with Gasteiger partial charge in [-0.3, -0.25) is 4.98 Å². The van der Waals surface area contributed by atoms with Crippen molar-refractivity contribution in [1.29, 1.82) is 0 Å². The molecule has 0 spiro atoms. The summed E-state index contributed by atoms with van der Waals surface area (Å²) in [7, 11) is 0. The third kappa shape index (κ3) is 1.86. The average molecular weight is 283 g/mol. The average Bonchev–Trinajstić information content (AvgIpc) is 3.09. The van der Waals surface area contributed by atoms with Gasteiger partial charge in [0.05, 0.1) is 17.7 Å². The van der Waals surface area contributed by atoms with E-state index in [4.69, 9.17) is 5.73 Å². The van der Waals surface area contributed by atoms with Crippen molar-refractivity contribution >= 4 is 27.9 Å². The zero-order valence-electron chi connectivity index (χ0n) is 11.9. The third-order valence-electron chi connectivity index (χ3n) is 4.14. The van der Waals surface area contributed by atoms with E-state index in [1.54, 1.807) is 6.20 Å². The highest BCUT2D eigenvalue weighted by atomic mass is 16.3. The van der Waals surface area contributed by atoms with Crippen molar-refractivity contribution in [1.82, 2.24) is 19.5 Å². The first kappa shape index (κ1) is 12.5. The minimum absolute atomic E-state index is 0.418. The van der Waals surface area contributed by atoms with Crippen LogP contribution in [0.5, 0.6) is 0 Å². The number of hydrogen-bond acceptors (Lipinski definition) is 5. The number of aromatic nitrogens is 4. The summed E-state index contributed by atoms with van der Waals surface area (Å²) >= 11 is 0. The summed E-state index contributed by atoms with van der Waals surface area (Å²) in [5, 5.41) is 10.3. The van der Waals surface area contributed by atoms with Gasteiger partial charge in [-0.05, 0) is 25.0 Å². The molecule has 3 aromatic rings. The minimum atomic E-state index is -0.601. The number of imidazole rings is 1. The van der Waals surface area contributed by atoms with Gasteiger partial charge in [0, 0.05) is 12.6 Å². The first-order chi connectivity index (χ1) is 10.1. The monoisotopic (exact) mass is 283 g/mol. The van der Waals surface area contributed by atoms with Crippen LogP contribution in [-0.2, 0) is 13.0 Å². The molecule has 3 heterocycles. The molecule has 0 bridgehead atoms. The molecule has 0 radical (unpaired) electrons. The Hall–Kier alpha value is -2.21. The Morgan fingerprint density at radius 1 is 1.33 bits per heavy atom. The first-order valence-electron chi connectivity index (χ1n) is 7.23. The van der Waals surface area contributed by atoms with E-state index < -0.39 is 5.60 Å². The molecule has 3 N–H and O–H groups in total. The number of aliphatic hydroxyl groups is 1. The molecule has 0 atom stereocenters. The summed E-state index contributed by atoms with van der Waals surface area (Å²) in [6.07, 6.45) is 4.19. The second kappa shape index (κ2) is 4.14. The molecule has 0 amide bonds. The standard InChI is InChI=1S/C15H17N5O/c1-2-10-19-12-13(20(10)8-15(21)5-6-15)11-9(18-14(12)16)4-3-7-17-11/h3-4,7,21H,2,5-6,8H2,1H3,(H2,16,18). The number of anilines is 1. The van der Waals surface area contributed by atoms with Crippen LogP contribution in [0.15, 0.2) is 18.3 Å². The van der Waals surface area contributed by atoms with Gasteiger partial charge in [-0.25, -0.2) is 9.97 Å². The van der Waals surface area contributed by atoms with E-state index in [1.165, 1.54) is 0 Å². The van der Waals surface area contributed by atoms with Crippen LogP contribution >= 0.6 is 0 Å². The van der Waals surface area contributed by atoms with Crippen LogP contribution in [0.3, 0.4) is 0 Å². The van der Waals surface area contributed by atoms with E-state index in [1.807, 2.05) is 19.1 Å². The van der Waals surface area contributed by atoms with Gasteiger partial charge >= 0.3 is 0 Å². The molecule has 1 aliphatic rings. The van der Waals surface area contributed by atoms with Crippen molar-refractivity contribution in [3.8, 4) is 0 Å². The van der Waals surface area contributed by atoms with Crippen LogP contribution in [-0.4, -0.2) is 30.2 Å². The molecular formula is C15H17N5O. The number of pyridine rings is 2. The maximum atomic E-state index is 10.3. The summed E-state index contributed by atoms with van der Waals surface area (Å²) in [5.41, 5.74) is 8.58. The molecule has 108 valence electrons. The second-order valence-corrected chi connectivity index (χ2v) is 5.76. The summed E-state index contributed by atoms with van der Waals surface area (Å²) in [6.45, 7) is 2.59. The van der Waals surface area contributed by atoms with Gasteiger partial charge in [-0.1, -0.05) is 6.92 Å². The number of nitrogens with two attached hydrogens (primary N) is 1. The fourth-order valence-corrected chi connectivity index (χ4v) is 2.81. The number of rotatable bonds is 3. The van der Waals surface area contributed by atoms with Crippen LogP contribution in [0, 0.1) is 0 Å². The van der Waals surface area contributed by atoms with E-state index in [2.05, 4.69) is 19.5 Å². The van der Waals surface area contributed by atoms with Gasteiger partial charge in [0.2, 0.25) is 0 Å². The quantitative estimate of drug-likeness (QED) is 0.762. The Labute approximate surface area is 121 Å². The van der Waals surface area contributed by atoms with Gasteiger partial charge in [0.1, 0.15) is 22.4 Å². The topological polar surface area (TPSA) is 89.9 Å². The van der Waals surface area contributed by atoms with Crippen molar-refractivity contribution in [2.24, 2.45) is 0 Å². The summed E-state index contributed by atoms with van der Waals surface area (Å²) in [5.74, 6) is 1.33. The number of fused-ring (bicyclic) bond motifs is 3. The van der Waals surface area contributed by atoms with Crippen LogP contribution < -0.4 is 5.73 Å². The Balaban J connectivity index is 2.08. The Kier molecular flexibility index (Phi) is 2.47. The van der Waals surface area contributed by atoms with Gasteiger partial charge in [-0.2, -0.15) is 0 Å². The molecule has 1 fully saturated rings. The van der Waals surface area contributed by atoms with Gasteiger partial charge in [0.15, 0.2) is 5.82 Å². The molecule has 4 rings (SSSR count). The molecule has 6 heteroatoms. The molecule has 1 aliphatic carbocycles. The lowest BCUT2D eigenvalue weighted by Crippen LogP contribution is -2.18. The van der Waals surface area contributed by atoms with Gasteiger partial charge in [0.25, 0.3) is 0 Å². The largest absolute Gasteiger partial charge is 0.388 e. The number of hydrogen-bond donors (Lipinski definition) is 2. The molecule has 21 heavy (non-hydrogen) atoms. The molecule has 6 nitrogen and oxygen atoms in total. The van der Waals surface area contributed by atoms with Crippen molar-refractivity contribution < 1.29 is 5.11 Å². The number of nitrogen functional groups attached to an aromatic ring is 1. The summed E-state index contributed by atoms with van der Waals surface area (Å²) in [4.78, 5) is 13.4. The zero-order chi connectivity index (χ0) is 14.6. The summed E-state index contributed by atoms with van der Waals surface area (Å²) in [6, 6.07) is 3.74. The van der Waals surface area contributed by atoms with E-state index in [0.29, 0.717) is 17.9 Å². The predicted molar refractivity (Wildman–Crippen MR) is 80.8 cm³/mol. The fraction of sp³-hybridized carbons (Fsp3) is 0.400. The van der Waals surface area contributed by atoms with Crippen molar-refractivity contribution in [3.05, 3.63) is 24.2 Å². The first-order valence-corrected chi connectivity index (χ1v) is 7.23. The highest BCUT2D eigenvalue weighted by molar-refractivity contribution is 6.04. The molecule has 0 unspecified atom stereocenters. The molecule has 0 aromatic carbocycles. The van der Waals surface area contributed by atoms with Crippen molar-refractivity contribution in [2.75, 3.05) is 5.73 Å². The molecular weight excluding hydrogens is 266 g/mol. The van der Waals surface area contributed by atoms with Crippen LogP contribution in [0.25, 0.3) is 22.1 Å². The van der Waals surface area contributed by atoms with E-state index in [-0.39, 0.29) is 0 Å². The normalized spacial score (nSPS) is 16.7. The number of nitrogens with zero attached hydrogens (tertiary/aromatic N) is 4. The van der Waals surface area contributed by atoms with Crippen LogP contribution in [0.4, 0.5) is 5.82 Å². The third-order valence-corrected chi connectivity index (χ3v) is 4.14. The lowest BCUT2D eigenvalue weighted by Gasteiger charge is -2.13. The van der Waals surface area contributed by atoms with Crippen LogP contribution in [0.1, 0.15) is 25.6 Å². The van der Waals surface area contributed by atoms with E-state index in [0.717, 1.165) is 41.6 Å². The lowest BCUT2D eigenvalue weighted by molar-refractivity contribution is 0.130. The fourth-order valence-electron chi connectivity index (χ4n) is 2.81. The highest BCUT2D eigenvalue weighted by Gasteiger charge is 2.41. The van der Waals surface area contributed by atoms with Crippen molar-refractivity contribution in [3.63, 3.8) is 0 Å². The van der Waals surface area contributed by atoms with E-state index in [9.17, 15) is 5.11 Å². The highest BCUT2D eigenvalue weighted by Crippen LogP contribution is 2.39. The molecule has 3 aromatic heterocycles. The molecule has 0 aliphatic heterocycles. The molecule has 1 saturated carbocycles. The van der Waals surface area contributed by atoms with E-state index >= 15 is 0 Å².